The summed E-state index contributed by atoms with van der Waals surface area (Å²) in [6.45, 7) is 2.68. The quantitative estimate of drug-likeness (QED) is 0.739. The summed E-state index contributed by atoms with van der Waals surface area (Å²) >= 11 is 0. The van der Waals surface area contributed by atoms with Gasteiger partial charge in [-0.15, -0.1) is 0 Å². The maximum absolute atomic E-state index is 4.35. The van der Waals surface area contributed by atoms with Gasteiger partial charge in [0.2, 0.25) is 0 Å². The second-order valence-electron chi connectivity index (χ2n) is 3.98. The van der Waals surface area contributed by atoms with Crippen molar-refractivity contribution >= 4 is 5.65 Å². The van der Waals surface area contributed by atoms with Crippen molar-refractivity contribution in [2.24, 2.45) is 0 Å². The maximum Gasteiger partial charge on any atom is 0.155 e. The molecule has 0 aromatic carbocycles. The van der Waals surface area contributed by atoms with Crippen LogP contribution in [-0.4, -0.2) is 19.3 Å². The predicted octanol–water partition coefficient (Wildman–Crippen LogP) is 1.58. The standard InChI is InChI=1S/C12H13N5/c1-10-6-12-13-7-11(9-17(12)15-10)8-14-16-4-2-3-5-16/h2-7,9,14H,8H2,1H3. The Morgan fingerprint density at radius 1 is 1.29 bits per heavy atom. The van der Waals surface area contributed by atoms with Crippen LogP contribution in [0.1, 0.15) is 11.3 Å². The summed E-state index contributed by atoms with van der Waals surface area (Å²) in [7, 11) is 0. The summed E-state index contributed by atoms with van der Waals surface area (Å²) in [6.07, 6.45) is 7.78. The van der Waals surface area contributed by atoms with Gasteiger partial charge >= 0.3 is 0 Å². The van der Waals surface area contributed by atoms with Crippen LogP contribution < -0.4 is 5.43 Å². The molecule has 0 bridgehead atoms. The van der Waals surface area contributed by atoms with Crippen molar-refractivity contribution in [2.45, 2.75) is 13.5 Å². The van der Waals surface area contributed by atoms with Crippen molar-refractivity contribution in [3.63, 3.8) is 0 Å². The van der Waals surface area contributed by atoms with Crippen LogP contribution in [0, 0.1) is 6.92 Å². The molecule has 17 heavy (non-hydrogen) atoms. The van der Waals surface area contributed by atoms with E-state index in [-0.39, 0.29) is 0 Å². The highest BCUT2D eigenvalue weighted by molar-refractivity contribution is 5.38. The van der Waals surface area contributed by atoms with Crippen LogP contribution in [0.5, 0.6) is 0 Å². The van der Waals surface area contributed by atoms with Crippen LogP contribution in [0.15, 0.2) is 43.0 Å². The van der Waals surface area contributed by atoms with Gasteiger partial charge < -0.3 is 5.43 Å². The van der Waals surface area contributed by atoms with Gasteiger partial charge in [-0.3, -0.25) is 4.68 Å². The van der Waals surface area contributed by atoms with Crippen molar-refractivity contribution in [2.75, 3.05) is 5.43 Å². The smallest absolute Gasteiger partial charge is 0.155 e. The van der Waals surface area contributed by atoms with Crippen molar-refractivity contribution in [1.29, 1.82) is 0 Å². The Morgan fingerprint density at radius 3 is 2.94 bits per heavy atom. The molecule has 0 aliphatic heterocycles. The molecule has 3 aromatic rings. The Balaban J connectivity index is 1.81. The van der Waals surface area contributed by atoms with E-state index in [9.17, 15) is 0 Å². The lowest BCUT2D eigenvalue weighted by molar-refractivity contribution is 0.825. The number of fused-ring (bicyclic) bond motifs is 1. The summed E-state index contributed by atoms with van der Waals surface area (Å²) in [4.78, 5) is 4.35. The molecule has 0 saturated heterocycles. The van der Waals surface area contributed by atoms with Gasteiger partial charge in [-0.2, -0.15) is 5.10 Å². The summed E-state index contributed by atoms with van der Waals surface area (Å²) < 4.78 is 3.72. The largest absolute Gasteiger partial charge is 0.322 e. The average molecular weight is 227 g/mol. The third-order valence-electron chi connectivity index (χ3n) is 2.56. The lowest BCUT2D eigenvalue weighted by atomic mass is 10.3. The van der Waals surface area contributed by atoms with Gasteiger partial charge in [-0.1, -0.05) is 0 Å². The molecule has 0 aliphatic rings. The van der Waals surface area contributed by atoms with Crippen molar-refractivity contribution in [3.8, 4) is 0 Å². The van der Waals surface area contributed by atoms with E-state index in [1.165, 1.54) is 0 Å². The molecule has 0 spiro atoms. The van der Waals surface area contributed by atoms with Crippen LogP contribution in [0.2, 0.25) is 0 Å². The number of aryl methyl sites for hydroxylation is 1. The molecule has 0 aliphatic carbocycles. The van der Waals surface area contributed by atoms with Crippen LogP contribution in [0.25, 0.3) is 5.65 Å². The van der Waals surface area contributed by atoms with Crippen molar-refractivity contribution < 1.29 is 0 Å². The van der Waals surface area contributed by atoms with Gasteiger partial charge in [0.1, 0.15) is 0 Å². The zero-order chi connectivity index (χ0) is 11.7. The van der Waals surface area contributed by atoms with Gasteiger partial charge in [0.15, 0.2) is 5.65 Å². The van der Waals surface area contributed by atoms with Gasteiger partial charge in [-0.25, -0.2) is 9.50 Å². The number of rotatable bonds is 3. The van der Waals surface area contributed by atoms with E-state index >= 15 is 0 Å². The monoisotopic (exact) mass is 227 g/mol. The molecule has 86 valence electrons. The lowest BCUT2D eigenvalue weighted by Crippen LogP contribution is -2.12. The van der Waals surface area contributed by atoms with Crippen LogP contribution in [0.4, 0.5) is 0 Å². The van der Waals surface area contributed by atoms with E-state index in [4.69, 9.17) is 0 Å². The summed E-state index contributed by atoms with van der Waals surface area (Å²) in [6, 6.07) is 5.92. The Bertz CT molecular complexity index is 623. The number of nitrogens with zero attached hydrogens (tertiary/aromatic N) is 4. The van der Waals surface area contributed by atoms with Crippen LogP contribution in [-0.2, 0) is 6.54 Å². The highest BCUT2D eigenvalue weighted by Crippen LogP contribution is 2.04. The average Bonchev–Trinajstić information content (AvgIpc) is 2.92. The minimum atomic E-state index is 0.719. The number of aromatic nitrogens is 4. The molecule has 3 aromatic heterocycles. The Kier molecular flexibility index (Phi) is 2.29. The third kappa shape index (κ3) is 1.99. The Labute approximate surface area is 98.7 Å². The second-order valence-corrected chi connectivity index (χ2v) is 3.98. The number of nitrogens with one attached hydrogen (secondary N) is 1. The molecule has 3 rings (SSSR count). The molecular weight excluding hydrogens is 214 g/mol. The molecule has 0 radical (unpaired) electrons. The van der Waals surface area contributed by atoms with Crippen LogP contribution >= 0.6 is 0 Å². The van der Waals surface area contributed by atoms with Gasteiger partial charge in [0.05, 0.1) is 12.2 Å². The second kappa shape index (κ2) is 3.93. The van der Waals surface area contributed by atoms with Gasteiger partial charge in [0, 0.05) is 36.4 Å². The first kappa shape index (κ1) is 9.89. The minimum absolute atomic E-state index is 0.719. The lowest BCUT2D eigenvalue weighted by Gasteiger charge is -2.07. The zero-order valence-electron chi connectivity index (χ0n) is 9.54. The van der Waals surface area contributed by atoms with E-state index in [1.807, 2.05) is 59.1 Å². The van der Waals surface area contributed by atoms with E-state index < -0.39 is 0 Å². The highest BCUT2D eigenvalue weighted by Gasteiger charge is 2.00. The molecule has 0 unspecified atom stereocenters. The summed E-state index contributed by atoms with van der Waals surface area (Å²) in [5.41, 5.74) is 6.20. The number of hydrogen-bond acceptors (Lipinski definition) is 3. The van der Waals surface area contributed by atoms with Crippen molar-refractivity contribution in [1.82, 2.24) is 19.3 Å². The highest BCUT2D eigenvalue weighted by atomic mass is 15.4. The molecule has 5 heteroatoms. The van der Waals surface area contributed by atoms with E-state index in [1.54, 1.807) is 0 Å². The Morgan fingerprint density at radius 2 is 2.12 bits per heavy atom. The van der Waals surface area contributed by atoms with Gasteiger partial charge in [-0.05, 0) is 19.1 Å². The number of hydrogen-bond donors (Lipinski definition) is 1. The van der Waals surface area contributed by atoms with E-state index in [2.05, 4.69) is 15.5 Å². The minimum Gasteiger partial charge on any atom is -0.322 e. The Hall–Kier alpha value is -2.30. The molecule has 0 saturated carbocycles. The first-order chi connectivity index (χ1) is 8.31. The molecular formula is C12H13N5. The molecule has 5 nitrogen and oxygen atoms in total. The SMILES string of the molecule is Cc1cc2ncc(CNn3cccc3)cn2n1. The van der Waals surface area contributed by atoms with Crippen molar-refractivity contribution in [3.05, 3.63) is 54.2 Å². The molecule has 0 amide bonds. The fraction of sp³-hybridized carbons (Fsp3) is 0.167. The topological polar surface area (TPSA) is 47.2 Å². The molecule has 1 N–H and O–H groups in total. The molecule has 3 heterocycles. The predicted molar refractivity (Wildman–Crippen MR) is 65.2 cm³/mol. The fourth-order valence-electron chi connectivity index (χ4n) is 1.75. The zero-order valence-corrected chi connectivity index (χ0v) is 9.54. The first-order valence-electron chi connectivity index (χ1n) is 5.49. The first-order valence-corrected chi connectivity index (χ1v) is 5.49. The van der Waals surface area contributed by atoms with Gasteiger partial charge in [0.25, 0.3) is 0 Å². The van der Waals surface area contributed by atoms with Crippen LogP contribution in [0.3, 0.4) is 0 Å². The molecule has 0 fully saturated rings. The van der Waals surface area contributed by atoms with E-state index in [0.29, 0.717) is 0 Å². The maximum atomic E-state index is 4.35. The summed E-state index contributed by atoms with van der Waals surface area (Å²) in [5.74, 6) is 0. The van der Waals surface area contributed by atoms with E-state index in [0.717, 1.165) is 23.4 Å². The third-order valence-corrected chi connectivity index (χ3v) is 2.56. The fourth-order valence-corrected chi connectivity index (χ4v) is 1.75. The summed E-state index contributed by atoms with van der Waals surface area (Å²) in [5, 5.41) is 4.34. The normalized spacial score (nSPS) is 10.9. The molecule has 0 atom stereocenters.